The number of anilines is 1. The highest BCUT2D eigenvalue weighted by molar-refractivity contribution is 6.30. The molecule has 0 saturated heterocycles. The second kappa shape index (κ2) is 10.1. The first-order valence-electron chi connectivity index (χ1n) is 11.0. The van der Waals surface area contributed by atoms with Crippen LogP contribution in [0, 0.1) is 13.8 Å². The van der Waals surface area contributed by atoms with Crippen LogP contribution in [0.1, 0.15) is 30.4 Å². The number of carbonyl (C=O) groups excluding carboxylic acids is 1. The van der Waals surface area contributed by atoms with Crippen LogP contribution < -0.4 is 16.6 Å². The summed E-state index contributed by atoms with van der Waals surface area (Å²) in [7, 11) is 0. The Kier molecular flexibility index (Phi) is 6.92. The number of nitrogens with one attached hydrogen (secondary N) is 1. The highest BCUT2D eigenvalue weighted by Crippen LogP contribution is 2.16. The molecule has 0 radical (unpaired) electrons. The highest BCUT2D eigenvalue weighted by Gasteiger charge is 2.20. The number of benzene rings is 2. The number of aromatic nitrogens is 5. The van der Waals surface area contributed by atoms with Crippen molar-refractivity contribution in [3.05, 3.63) is 85.3 Å². The molecule has 1 N–H and O–H groups in total. The van der Waals surface area contributed by atoms with Gasteiger partial charge in [-0.15, -0.1) is 0 Å². The van der Waals surface area contributed by atoms with E-state index in [-0.39, 0.29) is 42.7 Å². The van der Waals surface area contributed by atoms with Gasteiger partial charge in [-0.2, -0.15) is 14.8 Å². The molecule has 2 aromatic carbocycles. The van der Waals surface area contributed by atoms with E-state index in [4.69, 9.17) is 16.1 Å². The predicted molar refractivity (Wildman–Crippen MR) is 131 cm³/mol. The van der Waals surface area contributed by atoms with Crippen LogP contribution in [0.2, 0.25) is 5.02 Å². The minimum atomic E-state index is -0.637. The molecule has 0 atom stereocenters. The molecule has 0 spiro atoms. The maximum atomic E-state index is 12.9. The maximum absolute atomic E-state index is 12.9. The molecule has 10 nitrogen and oxygen atoms in total. The number of rotatable bonds is 7. The second-order valence-corrected chi connectivity index (χ2v) is 8.36. The molecular formula is C24H23ClN6O4. The van der Waals surface area contributed by atoms with Crippen molar-refractivity contribution in [2.24, 2.45) is 0 Å². The molecule has 4 aromatic rings. The smallest absolute Gasteiger partial charge is 0.339 e. The zero-order chi connectivity index (χ0) is 25.1. The first kappa shape index (κ1) is 24.1. The Labute approximate surface area is 205 Å². The van der Waals surface area contributed by atoms with Crippen LogP contribution in [0.4, 0.5) is 5.69 Å². The lowest BCUT2D eigenvalue weighted by atomic mass is 10.1. The van der Waals surface area contributed by atoms with Crippen LogP contribution in [0.5, 0.6) is 0 Å². The maximum Gasteiger partial charge on any atom is 0.352 e. The Balaban J connectivity index is 1.55. The van der Waals surface area contributed by atoms with Gasteiger partial charge in [0.2, 0.25) is 17.6 Å². The summed E-state index contributed by atoms with van der Waals surface area (Å²) in [5.41, 5.74) is 1.97. The quantitative estimate of drug-likeness (QED) is 0.417. The largest absolute Gasteiger partial charge is 0.352 e. The number of nitrogens with zero attached hydrogens (tertiary/aromatic N) is 5. The molecule has 1 amide bonds. The summed E-state index contributed by atoms with van der Waals surface area (Å²) >= 11 is 5.94. The first-order chi connectivity index (χ1) is 16.8. The minimum absolute atomic E-state index is 0.0653. The van der Waals surface area contributed by atoms with E-state index in [9.17, 15) is 14.4 Å². The van der Waals surface area contributed by atoms with Gasteiger partial charge < -0.3 is 9.84 Å². The Bertz CT molecular complexity index is 1500. The zero-order valence-corrected chi connectivity index (χ0v) is 20.2. The van der Waals surface area contributed by atoms with E-state index in [1.54, 1.807) is 31.2 Å². The van der Waals surface area contributed by atoms with Crippen LogP contribution in [0.25, 0.3) is 17.2 Å². The SMILES string of the molecule is CCn1c(=O)c(-c2noc(CCC(=O)Nc3ccc(C)c(C)c3)n2)nn(-c2ccc(Cl)cc2)c1=O. The molecule has 4 rings (SSSR count). The van der Waals surface area contributed by atoms with E-state index in [0.717, 1.165) is 20.4 Å². The summed E-state index contributed by atoms with van der Waals surface area (Å²) in [6.45, 7) is 5.78. The van der Waals surface area contributed by atoms with Crippen LogP contribution >= 0.6 is 11.6 Å². The monoisotopic (exact) mass is 494 g/mol. The molecule has 0 aliphatic carbocycles. The van der Waals surface area contributed by atoms with Crippen LogP contribution in [-0.4, -0.2) is 30.4 Å². The van der Waals surface area contributed by atoms with E-state index >= 15 is 0 Å². The number of aryl methyl sites for hydroxylation is 3. The topological polar surface area (TPSA) is 125 Å². The summed E-state index contributed by atoms with van der Waals surface area (Å²) in [5, 5.41) is 11.4. The van der Waals surface area contributed by atoms with Crippen molar-refractivity contribution in [2.75, 3.05) is 5.32 Å². The van der Waals surface area contributed by atoms with Gasteiger partial charge in [-0.25, -0.2) is 4.79 Å². The van der Waals surface area contributed by atoms with Gasteiger partial charge >= 0.3 is 5.69 Å². The third kappa shape index (κ3) is 5.22. The van der Waals surface area contributed by atoms with Gasteiger partial charge in [-0.05, 0) is 68.3 Å². The molecule has 0 aliphatic heterocycles. The van der Waals surface area contributed by atoms with E-state index in [1.165, 1.54) is 0 Å². The van der Waals surface area contributed by atoms with E-state index in [0.29, 0.717) is 16.4 Å². The van der Waals surface area contributed by atoms with Crippen molar-refractivity contribution in [2.45, 2.75) is 40.2 Å². The lowest BCUT2D eigenvalue weighted by Gasteiger charge is -2.09. The van der Waals surface area contributed by atoms with Crippen LogP contribution in [0.15, 0.2) is 56.6 Å². The Morgan fingerprint density at radius 1 is 1.09 bits per heavy atom. The fourth-order valence-electron chi connectivity index (χ4n) is 3.40. The highest BCUT2D eigenvalue weighted by atomic mass is 35.5. The summed E-state index contributed by atoms with van der Waals surface area (Å²) in [6, 6.07) is 12.1. The summed E-state index contributed by atoms with van der Waals surface area (Å²) in [5.74, 6) is -0.107. The summed E-state index contributed by atoms with van der Waals surface area (Å²) < 4.78 is 7.36. The predicted octanol–water partition coefficient (Wildman–Crippen LogP) is 3.31. The fraction of sp³-hybridized carbons (Fsp3) is 0.250. The molecule has 180 valence electrons. The van der Waals surface area contributed by atoms with E-state index in [2.05, 4.69) is 20.6 Å². The molecule has 0 aliphatic rings. The van der Waals surface area contributed by atoms with Gasteiger partial charge in [0, 0.05) is 30.1 Å². The van der Waals surface area contributed by atoms with Crippen molar-refractivity contribution in [3.63, 3.8) is 0 Å². The van der Waals surface area contributed by atoms with Crippen molar-refractivity contribution in [1.29, 1.82) is 0 Å². The van der Waals surface area contributed by atoms with E-state index < -0.39 is 11.2 Å². The normalized spacial score (nSPS) is 11.0. The van der Waals surface area contributed by atoms with Gasteiger partial charge in [0.25, 0.3) is 5.56 Å². The standard InChI is InChI=1S/C24H23ClN6O4/c1-4-30-23(33)21(28-31(24(30)34)18-9-6-16(25)7-10-18)22-27-20(35-29-22)12-11-19(32)26-17-8-5-14(2)15(3)13-17/h5-10,13H,4,11-12H2,1-3H3,(H,26,32). The van der Waals surface area contributed by atoms with Gasteiger partial charge in [-0.3, -0.25) is 14.2 Å². The zero-order valence-electron chi connectivity index (χ0n) is 19.4. The average molecular weight is 495 g/mol. The molecule has 0 fully saturated rings. The van der Waals surface area contributed by atoms with Crippen molar-refractivity contribution in [3.8, 4) is 17.2 Å². The second-order valence-electron chi connectivity index (χ2n) is 7.93. The van der Waals surface area contributed by atoms with Gasteiger partial charge in [0.05, 0.1) is 5.69 Å². The fourth-order valence-corrected chi connectivity index (χ4v) is 3.53. The molecule has 0 bridgehead atoms. The Morgan fingerprint density at radius 2 is 1.83 bits per heavy atom. The Morgan fingerprint density at radius 3 is 2.51 bits per heavy atom. The molecule has 2 heterocycles. The molecule has 35 heavy (non-hydrogen) atoms. The molecule has 0 unspecified atom stereocenters. The minimum Gasteiger partial charge on any atom is -0.339 e. The molecule has 0 saturated carbocycles. The number of carbonyl (C=O) groups is 1. The van der Waals surface area contributed by atoms with Crippen molar-refractivity contribution >= 4 is 23.2 Å². The number of hydrogen-bond acceptors (Lipinski definition) is 7. The lowest BCUT2D eigenvalue weighted by Crippen LogP contribution is -2.41. The first-order valence-corrected chi connectivity index (χ1v) is 11.3. The van der Waals surface area contributed by atoms with Crippen LogP contribution in [0.3, 0.4) is 0 Å². The van der Waals surface area contributed by atoms with Crippen molar-refractivity contribution in [1.82, 2.24) is 24.5 Å². The molecular weight excluding hydrogens is 472 g/mol. The summed E-state index contributed by atoms with van der Waals surface area (Å²) in [6.07, 6.45) is 0.272. The van der Waals surface area contributed by atoms with Gasteiger partial charge in [-0.1, -0.05) is 22.8 Å². The Hall–Kier alpha value is -4.05. The summed E-state index contributed by atoms with van der Waals surface area (Å²) in [4.78, 5) is 42.2. The van der Waals surface area contributed by atoms with Gasteiger partial charge in [0.15, 0.2) is 5.69 Å². The molecule has 2 aromatic heterocycles. The van der Waals surface area contributed by atoms with E-state index in [1.807, 2.05) is 32.0 Å². The third-order valence-corrected chi connectivity index (χ3v) is 5.74. The number of hydrogen-bond donors (Lipinski definition) is 1. The lowest BCUT2D eigenvalue weighted by molar-refractivity contribution is -0.116. The molecule has 11 heteroatoms. The number of amides is 1. The average Bonchev–Trinajstić information content (AvgIpc) is 3.30. The third-order valence-electron chi connectivity index (χ3n) is 5.48. The van der Waals surface area contributed by atoms with Crippen LogP contribution in [-0.2, 0) is 17.8 Å². The number of halogens is 1. The van der Waals surface area contributed by atoms with Crippen molar-refractivity contribution < 1.29 is 9.32 Å². The van der Waals surface area contributed by atoms with Gasteiger partial charge in [0.1, 0.15) is 0 Å².